The van der Waals surface area contributed by atoms with Gasteiger partial charge in [-0.05, 0) is 0 Å². The zero-order chi connectivity index (χ0) is 8.48. The van der Waals surface area contributed by atoms with E-state index < -0.39 is 8.07 Å². The Hall–Kier alpha value is -0.498. The summed E-state index contributed by atoms with van der Waals surface area (Å²) in [7, 11) is 4.47. The minimum Gasteiger partial charge on any atom is -0.0967 e. The van der Waals surface area contributed by atoms with Crippen molar-refractivity contribution in [1.29, 1.82) is 0 Å². The Morgan fingerprint density at radius 3 is 1.82 bits per heavy atom. The normalized spacial score (nSPS) is 11.5. The molecule has 0 heterocycles. The van der Waals surface area contributed by atoms with Crippen LogP contribution < -0.4 is 10.6 Å². The summed E-state index contributed by atoms with van der Waals surface area (Å²) in [5.74, 6) is 0. The first kappa shape index (κ1) is 8.60. The van der Waals surface area contributed by atoms with Gasteiger partial charge >= 0.3 is 0 Å². The predicted octanol–water partition coefficient (Wildman–Crippen LogP) is 1.03. The Bertz CT molecular complexity index is 233. The molecule has 1 aromatic rings. The molecular formula is C9H13BSi. The predicted molar refractivity (Wildman–Crippen MR) is 54.8 cm³/mol. The molecule has 0 aliphatic carbocycles. The summed E-state index contributed by atoms with van der Waals surface area (Å²) in [5, 5.41) is 1.46. The Kier molecular flexibility index (Phi) is 2.23. The highest BCUT2D eigenvalue weighted by Gasteiger charge is 2.14. The number of rotatable bonds is 1. The van der Waals surface area contributed by atoms with Crippen molar-refractivity contribution in [3.05, 3.63) is 24.3 Å². The molecule has 0 atom stereocenters. The third-order valence-corrected chi connectivity index (χ3v) is 3.84. The highest BCUT2D eigenvalue weighted by molar-refractivity contribution is 6.88. The first-order valence-electron chi connectivity index (χ1n) is 3.86. The van der Waals surface area contributed by atoms with Gasteiger partial charge in [-0.2, -0.15) is 0 Å². The summed E-state index contributed by atoms with van der Waals surface area (Å²) in [4.78, 5) is 0. The minimum atomic E-state index is -1.11. The van der Waals surface area contributed by atoms with Crippen LogP contribution in [-0.2, 0) is 0 Å². The van der Waals surface area contributed by atoms with Crippen LogP contribution in [-0.4, -0.2) is 15.9 Å². The molecule has 56 valence electrons. The van der Waals surface area contributed by atoms with E-state index in [0.29, 0.717) is 0 Å². The lowest BCUT2D eigenvalue weighted by Gasteiger charge is -2.16. The molecule has 0 nitrogen and oxygen atoms in total. The topological polar surface area (TPSA) is 0 Å². The SMILES string of the molecule is [B]c1ccc([Si](C)(C)C)cc1. The van der Waals surface area contributed by atoms with E-state index in [1.807, 2.05) is 12.1 Å². The van der Waals surface area contributed by atoms with E-state index in [2.05, 4.69) is 31.8 Å². The maximum absolute atomic E-state index is 5.59. The Balaban J connectivity index is 2.99. The molecule has 0 saturated heterocycles. The molecular weight excluding hydrogens is 147 g/mol. The molecule has 1 aromatic carbocycles. The van der Waals surface area contributed by atoms with Gasteiger partial charge in [0.2, 0.25) is 0 Å². The molecule has 11 heavy (non-hydrogen) atoms. The van der Waals surface area contributed by atoms with E-state index in [9.17, 15) is 0 Å². The van der Waals surface area contributed by atoms with Crippen LogP contribution in [0.25, 0.3) is 0 Å². The van der Waals surface area contributed by atoms with Crippen LogP contribution in [0, 0.1) is 0 Å². The second kappa shape index (κ2) is 2.86. The molecule has 1 rings (SSSR count). The quantitative estimate of drug-likeness (QED) is 0.538. The van der Waals surface area contributed by atoms with Crippen molar-refractivity contribution in [3.8, 4) is 0 Å². The van der Waals surface area contributed by atoms with Gasteiger partial charge in [0.25, 0.3) is 0 Å². The van der Waals surface area contributed by atoms with Crippen molar-refractivity contribution in [2.75, 3.05) is 0 Å². The van der Waals surface area contributed by atoms with Gasteiger partial charge in [0.05, 0.1) is 8.07 Å². The summed E-state index contributed by atoms with van der Waals surface area (Å²) in [6, 6.07) is 8.24. The van der Waals surface area contributed by atoms with E-state index in [1.165, 1.54) is 5.19 Å². The first-order valence-corrected chi connectivity index (χ1v) is 7.36. The third kappa shape index (κ3) is 2.23. The van der Waals surface area contributed by atoms with E-state index in [1.54, 1.807) is 0 Å². The molecule has 2 heteroatoms. The van der Waals surface area contributed by atoms with Crippen molar-refractivity contribution in [1.82, 2.24) is 0 Å². The largest absolute Gasteiger partial charge is 0.113 e. The number of benzene rings is 1. The fourth-order valence-electron chi connectivity index (χ4n) is 0.983. The molecule has 0 amide bonds. The minimum absolute atomic E-state index is 0.854. The van der Waals surface area contributed by atoms with Gasteiger partial charge in [0, 0.05) is 0 Å². The maximum Gasteiger partial charge on any atom is 0.113 e. The molecule has 0 aromatic heterocycles. The monoisotopic (exact) mass is 160 g/mol. The molecule has 0 spiro atoms. The van der Waals surface area contributed by atoms with Crippen molar-refractivity contribution in [3.63, 3.8) is 0 Å². The zero-order valence-electron chi connectivity index (χ0n) is 7.39. The van der Waals surface area contributed by atoms with Crippen molar-refractivity contribution in [2.45, 2.75) is 19.6 Å². The summed E-state index contributed by atoms with van der Waals surface area (Å²) in [5.41, 5.74) is 0.854. The van der Waals surface area contributed by atoms with E-state index in [0.717, 1.165) is 5.46 Å². The van der Waals surface area contributed by atoms with E-state index >= 15 is 0 Å². The Morgan fingerprint density at radius 1 is 1.00 bits per heavy atom. The molecule has 2 radical (unpaired) electrons. The number of hydrogen-bond donors (Lipinski definition) is 0. The van der Waals surface area contributed by atoms with Crippen molar-refractivity contribution in [2.24, 2.45) is 0 Å². The van der Waals surface area contributed by atoms with Crippen LogP contribution in [0.2, 0.25) is 19.6 Å². The fourth-order valence-corrected chi connectivity index (χ4v) is 2.15. The van der Waals surface area contributed by atoms with Crippen LogP contribution >= 0.6 is 0 Å². The van der Waals surface area contributed by atoms with Crippen molar-refractivity contribution < 1.29 is 0 Å². The van der Waals surface area contributed by atoms with Gasteiger partial charge in [-0.25, -0.2) is 0 Å². The summed E-state index contributed by atoms with van der Waals surface area (Å²) in [6.07, 6.45) is 0. The van der Waals surface area contributed by atoms with E-state index in [-0.39, 0.29) is 0 Å². The molecule has 0 fully saturated rings. The molecule has 0 aliphatic rings. The summed E-state index contributed by atoms with van der Waals surface area (Å²) < 4.78 is 0. The molecule has 0 unspecified atom stereocenters. The highest BCUT2D eigenvalue weighted by Crippen LogP contribution is 1.99. The maximum atomic E-state index is 5.59. The average molecular weight is 160 g/mol. The fraction of sp³-hybridized carbons (Fsp3) is 0.333. The number of hydrogen-bond acceptors (Lipinski definition) is 0. The summed E-state index contributed by atoms with van der Waals surface area (Å²) in [6.45, 7) is 7.00. The highest BCUT2D eigenvalue weighted by atomic mass is 28.3. The molecule has 0 aliphatic heterocycles. The van der Waals surface area contributed by atoms with Gasteiger partial charge in [-0.3, -0.25) is 0 Å². The lowest BCUT2D eigenvalue weighted by atomic mass is 9.97. The average Bonchev–Trinajstić information content (AvgIpc) is 1.86. The second-order valence-corrected chi connectivity index (χ2v) is 8.95. The van der Waals surface area contributed by atoms with Crippen LogP contribution in [0.1, 0.15) is 0 Å². The second-order valence-electron chi connectivity index (χ2n) is 3.87. The van der Waals surface area contributed by atoms with E-state index in [4.69, 9.17) is 7.85 Å². The van der Waals surface area contributed by atoms with Gasteiger partial charge in [0.1, 0.15) is 7.85 Å². The van der Waals surface area contributed by atoms with Crippen LogP contribution in [0.15, 0.2) is 24.3 Å². The standard InChI is InChI=1S/C9H13BSi/c1-11(2,3)9-6-4-8(10)5-7-9/h4-7H,1-3H3. The van der Waals surface area contributed by atoms with Crippen molar-refractivity contribution >= 4 is 26.6 Å². The van der Waals surface area contributed by atoms with Gasteiger partial charge < -0.3 is 0 Å². The lowest BCUT2D eigenvalue weighted by Crippen LogP contribution is -2.37. The van der Waals surface area contributed by atoms with Crippen LogP contribution in [0.4, 0.5) is 0 Å². The summed E-state index contributed by atoms with van der Waals surface area (Å²) >= 11 is 0. The molecule has 0 bridgehead atoms. The zero-order valence-corrected chi connectivity index (χ0v) is 8.39. The molecule has 0 saturated carbocycles. The van der Waals surface area contributed by atoms with Gasteiger partial charge in [-0.1, -0.05) is 54.6 Å². The lowest BCUT2D eigenvalue weighted by molar-refractivity contribution is 1.71. The Morgan fingerprint density at radius 2 is 1.45 bits per heavy atom. The van der Waals surface area contributed by atoms with Gasteiger partial charge in [-0.15, -0.1) is 0 Å². The third-order valence-electron chi connectivity index (χ3n) is 1.78. The van der Waals surface area contributed by atoms with Crippen LogP contribution in [0.5, 0.6) is 0 Å². The Labute approximate surface area is 71.1 Å². The van der Waals surface area contributed by atoms with Gasteiger partial charge in [0.15, 0.2) is 0 Å². The molecule has 0 N–H and O–H groups in total. The smallest absolute Gasteiger partial charge is 0.0967 e. The van der Waals surface area contributed by atoms with Crippen LogP contribution in [0.3, 0.4) is 0 Å². The first-order chi connectivity index (χ1) is 5.00.